The number of hydrogen-bond donors (Lipinski definition) is 1. The lowest BCUT2D eigenvalue weighted by Gasteiger charge is -2.17. The second-order valence-electron chi connectivity index (χ2n) is 2.63. The fourth-order valence-corrected chi connectivity index (χ4v) is 1.38. The molecule has 0 aliphatic carbocycles. The lowest BCUT2D eigenvalue weighted by Crippen LogP contribution is -2.35. The highest BCUT2D eigenvalue weighted by Gasteiger charge is 2.41. The van der Waals surface area contributed by atoms with Crippen LogP contribution in [-0.2, 0) is 14.2 Å². The van der Waals surface area contributed by atoms with Gasteiger partial charge < -0.3 is 19.3 Å². The Morgan fingerprint density at radius 3 is 2.09 bits per heavy atom. The summed E-state index contributed by atoms with van der Waals surface area (Å²) >= 11 is 0. The molecule has 1 N–H and O–H groups in total. The highest BCUT2D eigenvalue weighted by Crippen LogP contribution is 2.23. The van der Waals surface area contributed by atoms with Crippen molar-refractivity contribution in [2.45, 2.75) is 31.5 Å². The van der Waals surface area contributed by atoms with Gasteiger partial charge in [0.15, 0.2) is 6.29 Å². The van der Waals surface area contributed by atoms with Crippen LogP contribution in [0.3, 0.4) is 0 Å². The number of ether oxygens (including phenoxy) is 3. The van der Waals surface area contributed by atoms with Crippen molar-refractivity contribution in [1.29, 1.82) is 0 Å². The van der Waals surface area contributed by atoms with Gasteiger partial charge in [0.05, 0.1) is 6.10 Å². The van der Waals surface area contributed by atoms with Crippen LogP contribution in [0.25, 0.3) is 0 Å². The van der Waals surface area contributed by atoms with E-state index in [0.717, 1.165) is 0 Å². The first-order valence-corrected chi connectivity index (χ1v) is 3.59. The Morgan fingerprint density at radius 2 is 1.73 bits per heavy atom. The second-order valence-corrected chi connectivity index (χ2v) is 2.63. The molecule has 0 bridgehead atoms. The predicted octanol–water partition coefficient (Wildman–Crippen LogP) is -0.247. The molecule has 0 aromatic rings. The fourth-order valence-electron chi connectivity index (χ4n) is 1.38. The van der Waals surface area contributed by atoms with Crippen LogP contribution in [0.5, 0.6) is 0 Å². The fraction of sp³-hybridized carbons (Fsp3) is 1.00. The maximum absolute atomic E-state index is 9.23. The summed E-state index contributed by atoms with van der Waals surface area (Å²) in [4.78, 5) is 0. The van der Waals surface area contributed by atoms with Gasteiger partial charge >= 0.3 is 0 Å². The second kappa shape index (κ2) is 3.49. The van der Waals surface area contributed by atoms with Crippen molar-refractivity contribution in [3.05, 3.63) is 0 Å². The normalized spacial score (nSPS) is 44.7. The maximum Gasteiger partial charge on any atom is 0.184 e. The van der Waals surface area contributed by atoms with Gasteiger partial charge in [0, 0.05) is 14.2 Å². The van der Waals surface area contributed by atoms with E-state index in [1.807, 2.05) is 6.92 Å². The van der Waals surface area contributed by atoms with E-state index < -0.39 is 6.29 Å². The van der Waals surface area contributed by atoms with Crippen LogP contribution in [-0.4, -0.2) is 43.9 Å². The van der Waals surface area contributed by atoms with Gasteiger partial charge in [-0.25, -0.2) is 0 Å². The molecule has 1 saturated heterocycles. The molecular formula is C7H14O4. The molecule has 4 heteroatoms. The third-order valence-electron chi connectivity index (χ3n) is 1.97. The summed E-state index contributed by atoms with van der Waals surface area (Å²) in [6, 6.07) is 0. The van der Waals surface area contributed by atoms with Crippen LogP contribution in [0, 0.1) is 0 Å². The molecule has 0 amide bonds. The molecule has 2 unspecified atom stereocenters. The average Bonchev–Trinajstić information content (AvgIpc) is 2.24. The van der Waals surface area contributed by atoms with Gasteiger partial charge in [-0.3, -0.25) is 0 Å². The van der Waals surface area contributed by atoms with E-state index >= 15 is 0 Å². The molecule has 4 nitrogen and oxygen atoms in total. The summed E-state index contributed by atoms with van der Waals surface area (Å²) in [5.41, 5.74) is 0. The first kappa shape index (κ1) is 8.93. The zero-order valence-electron chi connectivity index (χ0n) is 6.98. The van der Waals surface area contributed by atoms with Crippen LogP contribution in [0.1, 0.15) is 6.92 Å². The number of aliphatic hydroxyl groups is 1. The molecule has 1 heterocycles. The van der Waals surface area contributed by atoms with Gasteiger partial charge in [-0.05, 0) is 6.92 Å². The summed E-state index contributed by atoms with van der Waals surface area (Å²) in [6.45, 7) is 1.84. The third kappa shape index (κ3) is 1.54. The minimum Gasteiger partial charge on any atom is -0.376 e. The molecule has 0 saturated carbocycles. The summed E-state index contributed by atoms with van der Waals surface area (Å²) in [5.74, 6) is 0. The smallest absolute Gasteiger partial charge is 0.184 e. The van der Waals surface area contributed by atoms with Crippen molar-refractivity contribution in [1.82, 2.24) is 0 Å². The van der Waals surface area contributed by atoms with Gasteiger partial charge in [-0.15, -0.1) is 0 Å². The molecule has 1 aliphatic rings. The lowest BCUT2D eigenvalue weighted by atomic mass is 10.1. The highest BCUT2D eigenvalue weighted by molar-refractivity contribution is 4.85. The molecule has 66 valence electrons. The molecule has 11 heavy (non-hydrogen) atoms. The SMILES string of the molecule is COC1C(O)O[C@H](C)[C@@H]1OC. The Kier molecular flexibility index (Phi) is 2.84. The first-order chi connectivity index (χ1) is 5.20. The first-order valence-electron chi connectivity index (χ1n) is 3.59. The molecule has 0 radical (unpaired) electrons. The van der Waals surface area contributed by atoms with E-state index in [4.69, 9.17) is 14.2 Å². The number of methoxy groups -OCH3 is 2. The van der Waals surface area contributed by atoms with E-state index in [9.17, 15) is 5.11 Å². The van der Waals surface area contributed by atoms with E-state index in [1.165, 1.54) is 7.11 Å². The van der Waals surface area contributed by atoms with Crippen LogP contribution >= 0.6 is 0 Å². The largest absolute Gasteiger partial charge is 0.376 e. The van der Waals surface area contributed by atoms with Crippen LogP contribution in [0.4, 0.5) is 0 Å². The number of rotatable bonds is 2. The summed E-state index contributed by atoms with van der Waals surface area (Å²) in [5, 5.41) is 9.23. The van der Waals surface area contributed by atoms with Crippen LogP contribution in [0.15, 0.2) is 0 Å². The minimum atomic E-state index is -0.861. The van der Waals surface area contributed by atoms with Crippen molar-refractivity contribution in [3.8, 4) is 0 Å². The molecule has 1 aliphatic heterocycles. The van der Waals surface area contributed by atoms with Gasteiger partial charge in [0.25, 0.3) is 0 Å². The van der Waals surface area contributed by atoms with Gasteiger partial charge in [-0.2, -0.15) is 0 Å². The van der Waals surface area contributed by atoms with Gasteiger partial charge in [-0.1, -0.05) is 0 Å². The molecule has 4 atom stereocenters. The van der Waals surface area contributed by atoms with Crippen molar-refractivity contribution in [2.75, 3.05) is 14.2 Å². The third-order valence-corrected chi connectivity index (χ3v) is 1.97. The Bertz CT molecular complexity index is 114. The molecule has 1 fully saturated rings. The predicted molar refractivity (Wildman–Crippen MR) is 38.1 cm³/mol. The van der Waals surface area contributed by atoms with Crippen molar-refractivity contribution >= 4 is 0 Å². The topological polar surface area (TPSA) is 47.9 Å². The summed E-state index contributed by atoms with van der Waals surface area (Å²) < 4.78 is 15.2. The van der Waals surface area contributed by atoms with E-state index in [2.05, 4.69) is 0 Å². The van der Waals surface area contributed by atoms with Crippen LogP contribution in [0.2, 0.25) is 0 Å². The molecular weight excluding hydrogens is 148 g/mol. The molecule has 0 spiro atoms. The quantitative estimate of drug-likeness (QED) is 0.608. The Balaban J connectivity index is 2.59. The summed E-state index contributed by atoms with van der Waals surface area (Å²) in [7, 11) is 3.11. The van der Waals surface area contributed by atoms with Crippen molar-refractivity contribution in [2.24, 2.45) is 0 Å². The Labute approximate surface area is 66.1 Å². The minimum absolute atomic E-state index is 0.111. The highest BCUT2D eigenvalue weighted by atomic mass is 16.7. The van der Waals surface area contributed by atoms with Gasteiger partial charge in [0.2, 0.25) is 0 Å². The average molecular weight is 162 g/mol. The van der Waals surface area contributed by atoms with E-state index in [1.54, 1.807) is 7.11 Å². The monoisotopic (exact) mass is 162 g/mol. The zero-order chi connectivity index (χ0) is 8.43. The summed E-state index contributed by atoms with van der Waals surface area (Å²) in [6.07, 6.45) is -1.51. The lowest BCUT2D eigenvalue weighted by molar-refractivity contribution is -0.133. The maximum atomic E-state index is 9.23. The van der Waals surface area contributed by atoms with E-state index in [0.29, 0.717) is 0 Å². The number of hydrogen-bond acceptors (Lipinski definition) is 4. The Hall–Kier alpha value is -0.160. The number of aliphatic hydroxyl groups excluding tert-OH is 1. The van der Waals surface area contributed by atoms with Crippen molar-refractivity contribution < 1.29 is 19.3 Å². The van der Waals surface area contributed by atoms with Crippen LogP contribution < -0.4 is 0 Å². The molecule has 0 aromatic carbocycles. The van der Waals surface area contributed by atoms with E-state index in [-0.39, 0.29) is 18.3 Å². The van der Waals surface area contributed by atoms with Gasteiger partial charge in [0.1, 0.15) is 12.2 Å². The van der Waals surface area contributed by atoms with Crippen molar-refractivity contribution in [3.63, 3.8) is 0 Å². The zero-order valence-corrected chi connectivity index (χ0v) is 6.98. The Morgan fingerprint density at radius 1 is 1.18 bits per heavy atom. The standard InChI is InChI=1S/C7H14O4/c1-4-5(9-2)6(10-3)7(8)11-4/h4-8H,1-3H3/t4-,5+,6?,7?/m1/s1. The molecule has 1 rings (SSSR count). The molecule has 0 aromatic heterocycles.